The first-order valence-electron chi connectivity index (χ1n) is 8.34. The molecule has 7 heteroatoms. The molecule has 2 aromatic rings. The number of carbonyl (C=O) groups excluding carboxylic acids is 2. The van der Waals surface area contributed by atoms with Gasteiger partial charge in [0.15, 0.2) is 0 Å². The second-order valence-electron chi connectivity index (χ2n) is 6.18. The Bertz CT molecular complexity index is 824. The van der Waals surface area contributed by atoms with Crippen LogP contribution in [0.25, 0.3) is 0 Å². The van der Waals surface area contributed by atoms with E-state index in [2.05, 4.69) is 16.7 Å². The third kappa shape index (κ3) is 3.72. The predicted molar refractivity (Wildman–Crippen MR) is 108 cm³/mol. The van der Waals surface area contributed by atoms with E-state index in [0.717, 1.165) is 23.7 Å². The highest BCUT2D eigenvalue weighted by Gasteiger charge is 2.26. The van der Waals surface area contributed by atoms with E-state index in [-0.39, 0.29) is 30.3 Å². The van der Waals surface area contributed by atoms with Crippen molar-refractivity contribution in [1.82, 2.24) is 5.32 Å². The molecule has 2 N–H and O–H groups in total. The Kier molecular flexibility index (Phi) is 5.86. The fourth-order valence-corrected chi connectivity index (χ4v) is 4.17. The molecule has 26 heavy (non-hydrogen) atoms. The van der Waals surface area contributed by atoms with E-state index in [4.69, 9.17) is 0 Å². The minimum Gasteiger partial charge on any atom is -0.325 e. The number of hydrogen-bond donors (Lipinski definition) is 2. The van der Waals surface area contributed by atoms with Crippen molar-refractivity contribution in [3.05, 3.63) is 59.7 Å². The molecule has 0 bridgehead atoms. The number of rotatable bonds is 3. The van der Waals surface area contributed by atoms with Crippen LogP contribution >= 0.6 is 24.2 Å². The monoisotopic (exact) mass is 389 g/mol. The molecule has 1 atom stereocenters. The van der Waals surface area contributed by atoms with Gasteiger partial charge in [-0.3, -0.25) is 14.9 Å². The Labute approximate surface area is 162 Å². The second kappa shape index (κ2) is 8.12. The molecule has 2 aromatic carbocycles. The fraction of sp³-hybridized carbons (Fsp3) is 0.263. The lowest BCUT2D eigenvalue weighted by Gasteiger charge is -2.18. The van der Waals surface area contributed by atoms with Crippen LogP contribution in [-0.4, -0.2) is 36.0 Å². The molecule has 5 nitrogen and oxygen atoms in total. The number of amides is 2. The van der Waals surface area contributed by atoms with Crippen LogP contribution in [0.2, 0.25) is 0 Å². The maximum Gasteiger partial charge on any atom is 0.258 e. The molecule has 0 spiro atoms. The number of anilines is 2. The summed E-state index contributed by atoms with van der Waals surface area (Å²) < 4.78 is 0. The maximum absolute atomic E-state index is 12.9. The molecule has 2 amide bonds. The summed E-state index contributed by atoms with van der Waals surface area (Å²) in [7, 11) is 0. The topological polar surface area (TPSA) is 61.4 Å². The van der Waals surface area contributed by atoms with Gasteiger partial charge in [0.1, 0.15) is 0 Å². The third-order valence-corrected chi connectivity index (χ3v) is 5.48. The average Bonchev–Trinajstić information content (AvgIpc) is 3.31. The molecule has 0 radical (unpaired) electrons. The standard InChI is InChI=1S/C19H19N3O2S.ClH/c23-18(16-11-25-12-20-16)21-15-6-3-5-14(10-15)19(24)22-9-8-13-4-1-2-7-17(13)22;/h1-7,10,16,20H,8-9,11-12H2,(H,21,23);1H. The summed E-state index contributed by atoms with van der Waals surface area (Å²) in [6, 6.07) is 15.0. The van der Waals surface area contributed by atoms with Crippen LogP contribution in [0.5, 0.6) is 0 Å². The zero-order valence-corrected chi connectivity index (χ0v) is 15.7. The first-order chi connectivity index (χ1) is 12.2. The number of halogens is 1. The summed E-state index contributed by atoms with van der Waals surface area (Å²) in [4.78, 5) is 26.9. The molecule has 4 rings (SSSR count). The molecule has 0 saturated carbocycles. The highest BCUT2D eigenvalue weighted by Crippen LogP contribution is 2.29. The largest absolute Gasteiger partial charge is 0.325 e. The van der Waals surface area contributed by atoms with Crippen molar-refractivity contribution in [3.8, 4) is 0 Å². The predicted octanol–water partition coefficient (Wildman–Crippen LogP) is 2.91. The van der Waals surface area contributed by atoms with E-state index in [0.29, 0.717) is 17.8 Å². The van der Waals surface area contributed by atoms with E-state index in [1.807, 2.05) is 35.2 Å². The van der Waals surface area contributed by atoms with Gasteiger partial charge in [-0.15, -0.1) is 24.2 Å². The van der Waals surface area contributed by atoms with Gasteiger partial charge in [0.2, 0.25) is 5.91 Å². The quantitative estimate of drug-likeness (QED) is 0.847. The Morgan fingerprint density at radius 3 is 2.81 bits per heavy atom. The Morgan fingerprint density at radius 2 is 2.00 bits per heavy atom. The second-order valence-corrected chi connectivity index (χ2v) is 7.21. The number of fused-ring (bicyclic) bond motifs is 1. The molecule has 0 aliphatic carbocycles. The summed E-state index contributed by atoms with van der Waals surface area (Å²) in [5.41, 5.74) is 3.42. The van der Waals surface area contributed by atoms with E-state index in [1.165, 1.54) is 5.56 Å². The molecule has 2 heterocycles. The van der Waals surface area contributed by atoms with Crippen molar-refractivity contribution >= 4 is 47.4 Å². The minimum atomic E-state index is -0.171. The molecule has 1 fully saturated rings. The van der Waals surface area contributed by atoms with Crippen molar-refractivity contribution < 1.29 is 9.59 Å². The lowest BCUT2D eigenvalue weighted by atomic mass is 10.1. The van der Waals surface area contributed by atoms with Gasteiger partial charge in [0, 0.05) is 35.1 Å². The number of hydrogen-bond acceptors (Lipinski definition) is 4. The van der Waals surface area contributed by atoms with E-state index in [9.17, 15) is 9.59 Å². The Balaban J connectivity index is 0.00000196. The van der Waals surface area contributed by atoms with Crippen molar-refractivity contribution in [2.75, 3.05) is 28.4 Å². The molecule has 1 unspecified atom stereocenters. The van der Waals surface area contributed by atoms with Crippen molar-refractivity contribution in [2.45, 2.75) is 12.5 Å². The van der Waals surface area contributed by atoms with Crippen LogP contribution in [-0.2, 0) is 11.2 Å². The third-order valence-electron chi connectivity index (χ3n) is 4.54. The van der Waals surface area contributed by atoms with Crippen LogP contribution in [0.15, 0.2) is 48.5 Å². The fourth-order valence-electron chi connectivity index (χ4n) is 3.23. The highest BCUT2D eigenvalue weighted by molar-refractivity contribution is 7.99. The van der Waals surface area contributed by atoms with E-state index >= 15 is 0 Å². The van der Waals surface area contributed by atoms with Crippen LogP contribution < -0.4 is 15.5 Å². The van der Waals surface area contributed by atoms with Gasteiger partial charge in [0.05, 0.1) is 6.04 Å². The summed E-state index contributed by atoms with van der Waals surface area (Å²) in [6.45, 7) is 0.692. The Morgan fingerprint density at radius 1 is 1.15 bits per heavy atom. The molecule has 1 saturated heterocycles. The van der Waals surface area contributed by atoms with Gasteiger partial charge in [-0.25, -0.2) is 0 Å². The number of benzene rings is 2. The molecular weight excluding hydrogens is 370 g/mol. The first-order valence-corrected chi connectivity index (χ1v) is 9.50. The van der Waals surface area contributed by atoms with Crippen LogP contribution in [0.3, 0.4) is 0 Å². The smallest absolute Gasteiger partial charge is 0.258 e. The summed E-state index contributed by atoms with van der Waals surface area (Å²) in [6.07, 6.45) is 0.878. The molecule has 0 aromatic heterocycles. The van der Waals surface area contributed by atoms with Gasteiger partial charge in [0.25, 0.3) is 5.91 Å². The van der Waals surface area contributed by atoms with Crippen LogP contribution in [0, 0.1) is 0 Å². The normalized spacial score (nSPS) is 18.2. The molecular formula is C19H20ClN3O2S. The number of thioether (sulfide) groups is 1. The van der Waals surface area contributed by atoms with Crippen molar-refractivity contribution in [3.63, 3.8) is 0 Å². The molecule has 2 aliphatic rings. The summed E-state index contributed by atoms with van der Waals surface area (Å²) in [5.74, 6) is 1.48. The Hall–Kier alpha value is -2.02. The van der Waals surface area contributed by atoms with Gasteiger partial charge in [-0.1, -0.05) is 24.3 Å². The zero-order valence-electron chi connectivity index (χ0n) is 14.1. The number of nitrogens with zero attached hydrogens (tertiary/aromatic N) is 1. The average molecular weight is 390 g/mol. The minimum absolute atomic E-state index is 0. The first kappa shape index (κ1) is 18.8. The summed E-state index contributed by atoms with van der Waals surface area (Å²) >= 11 is 1.71. The molecule has 136 valence electrons. The van der Waals surface area contributed by atoms with Gasteiger partial charge in [-0.2, -0.15) is 0 Å². The van der Waals surface area contributed by atoms with E-state index < -0.39 is 0 Å². The summed E-state index contributed by atoms with van der Waals surface area (Å²) in [5, 5.41) is 6.05. The van der Waals surface area contributed by atoms with Crippen molar-refractivity contribution in [2.24, 2.45) is 0 Å². The van der Waals surface area contributed by atoms with Gasteiger partial charge in [-0.05, 0) is 36.2 Å². The highest BCUT2D eigenvalue weighted by atomic mass is 35.5. The SMILES string of the molecule is Cl.O=C(Nc1cccc(C(=O)N2CCc3ccccc32)c1)C1CSCN1. The van der Waals surface area contributed by atoms with Gasteiger partial charge >= 0.3 is 0 Å². The zero-order chi connectivity index (χ0) is 17.2. The molecule has 2 aliphatic heterocycles. The van der Waals surface area contributed by atoms with Crippen molar-refractivity contribution in [1.29, 1.82) is 0 Å². The number of carbonyl (C=O) groups is 2. The van der Waals surface area contributed by atoms with Gasteiger partial charge < -0.3 is 10.2 Å². The number of nitrogens with one attached hydrogen (secondary N) is 2. The van der Waals surface area contributed by atoms with E-state index in [1.54, 1.807) is 23.9 Å². The van der Waals surface area contributed by atoms with Crippen LogP contribution in [0.1, 0.15) is 15.9 Å². The maximum atomic E-state index is 12.9. The van der Waals surface area contributed by atoms with Crippen LogP contribution in [0.4, 0.5) is 11.4 Å². The lowest BCUT2D eigenvalue weighted by molar-refractivity contribution is -0.117. The number of para-hydroxylation sites is 1. The lowest BCUT2D eigenvalue weighted by Crippen LogP contribution is -2.37.